The number of rotatable bonds is 2. The molecule has 1 aliphatic carbocycles. The van der Waals surface area contributed by atoms with Crippen molar-refractivity contribution in [2.24, 2.45) is 4.99 Å². The Morgan fingerprint density at radius 1 is 1.38 bits per heavy atom. The normalized spacial score (nSPS) is 24.1. The van der Waals surface area contributed by atoms with Gasteiger partial charge in [0.25, 0.3) is 0 Å². The Balaban J connectivity index is 1.94. The van der Waals surface area contributed by atoms with Gasteiger partial charge in [-0.25, -0.2) is 0 Å². The van der Waals surface area contributed by atoms with E-state index in [1.807, 2.05) is 19.2 Å². The summed E-state index contributed by atoms with van der Waals surface area (Å²) in [4.78, 5) is 4.10. The molecule has 0 heterocycles. The molecular weight excluding hydrogens is 222 g/mol. The fourth-order valence-corrected chi connectivity index (χ4v) is 1.98. The first-order valence-electron chi connectivity index (χ1n) is 5.41. The van der Waals surface area contributed by atoms with Crippen molar-refractivity contribution in [3.05, 3.63) is 34.9 Å². The minimum Gasteiger partial charge on any atom is -0.359 e. The van der Waals surface area contributed by atoms with Gasteiger partial charge >= 0.3 is 0 Å². The Morgan fingerprint density at radius 2 is 2.06 bits per heavy atom. The summed E-state index contributed by atoms with van der Waals surface area (Å²) in [5, 5.41) is 7.17. The zero-order valence-corrected chi connectivity index (χ0v) is 10.3. The number of benzene rings is 1. The quantitative estimate of drug-likeness (QED) is 0.610. The van der Waals surface area contributed by atoms with Crippen LogP contribution in [-0.2, 0) is 0 Å². The van der Waals surface area contributed by atoms with E-state index in [2.05, 4.69) is 27.8 Å². The molecule has 0 amide bonds. The molecule has 0 spiro atoms. The van der Waals surface area contributed by atoms with Gasteiger partial charge in [0.2, 0.25) is 0 Å². The van der Waals surface area contributed by atoms with Crippen molar-refractivity contribution >= 4 is 17.6 Å². The van der Waals surface area contributed by atoms with E-state index in [-0.39, 0.29) is 0 Å². The summed E-state index contributed by atoms with van der Waals surface area (Å²) in [6.07, 6.45) is 1.16. The molecule has 0 radical (unpaired) electrons. The van der Waals surface area contributed by atoms with Crippen molar-refractivity contribution in [1.82, 2.24) is 10.6 Å². The summed E-state index contributed by atoms with van der Waals surface area (Å²) in [6.45, 7) is 0. The Morgan fingerprint density at radius 3 is 2.62 bits per heavy atom. The van der Waals surface area contributed by atoms with Crippen LogP contribution < -0.4 is 10.6 Å². The molecule has 16 heavy (non-hydrogen) atoms. The van der Waals surface area contributed by atoms with E-state index in [1.165, 1.54) is 5.56 Å². The fraction of sp³-hybridized carbons (Fsp3) is 0.417. The summed E-state index contributed by atoms with van der Waals surface area (Å²) in [5.74, 6) is 1.43. The molecule has 1 saturated carbocycles. The molecule has 0 unspecified atom stereocenters. The van der Waals surface area contributed by atoms with Crippen LogP contribution in [0.3, 0.4) is 0 Å². The van der Waals surface area contributed by atoms with E-state index >= 15 is 0 Å². The smallest absolute Gasteiger partial charge is 0.190 e. The van der Waals surface area contributed by atoms with Gasteiger partial charge in [-0.2, -0.15) is 0 Å². The predicted molar refractivity (Wildman–Crippen MR) is 68.2 cm³/mol. The maximum absolute atomic E-state index is 5.86. The molecule has 3 nitrogen and oxygen atoms in total. The van der Waals surface area contributed by atoms with Gasteiger partial charge in [0, 0.05) is 31.1 Å². The van der Waals surface area contributed by atoms with E-state index in [1.54, 1.807) is 7.05 Å². The van der Waals surface area contributed by atoms with Crippen LogP contribution in [0.25, 0.3) is 0 Å². The molecule has 2 rings (SSSR count). The van der Waals surface area contributed by atoms with E-state index in [9.17, 15) is 0 Å². The topological polar surface area (TPSA) is 36.4 Å². The van der Waals surface area contributed by atoms with Crippen molar-refractivity contribution in [2.45, 2.75) is 18.4 Å². The van der Waals surface area contributed by atoms with Crippen LogP contribution in [0.1, 0.15) is 17.9 Å². The van der Waals surface area contributed by atoms with Crippen LogP contribution >= 0.6 is 11.6 Å². The summed E-state index contributed by atoms with van der Waals surface area (Å²) >= 11 is 5.86. The van der Waals surface area contributed by atoms with Gasteiger partial charge < -0.3 is 10.6 Å². The second-order valence-electron chi connectivity index (χ2n) is 3.97. The number of guanidine groups is 1. The molecule has 2 atom stereocenters. The second-order valence-corrected chi connectivity index (χ2v) is 4.40. The Hall–Kier alpha value is -1.22. The minimum atomic E-state index is 0.493. The zero-order valence-electron chi connectivity index (χ0n) is 9.50. The molecule has 1 fully saturated rings. The molecule has 0 bridgehead atoms. The number of hydrogen-bond acceptors (Lipinski definition) is 1. The third-order valence-corrected chi connectivity index (χ3v) is 3.12. The van der Waals surface area contributed by atoms with Gasteiger partial charge in [-0.15, -0.1) is 0 Å². The van der Waals surface area contributed by atoms with Crippen molar-refractivity contribution in [3.8, 4) is 0 Å². The molecule has 86 valence electrons. The fourth-order valence-electron chi connectivity index (χ4n) is 1.86. The second kappa shape index (κ2) is 4.74. The number of hydrogen-bond donors (Lipinski definition) is 2. The molecule has 0 saturated heterocycles. The molecular formula is C12H16ClN3. The highest BCUT2D eigenvalue weighted by molar-refractivity contribution is 6.30. The summed E-state index contributed by atoms with van der Waals surface area (Å²) in [5.41, 5.74) is 1.34. The molecule has 0 aliphatic heterocycles. The largest absolute Gasteiger partial charge is 0.359 e. The number of aliphatic imine (C=N–C) groups is 1. The first kappa shape index (κ1) is 11.3. The SMILES string of the molecule is CN=C(NC)N[C@@H]1C[C@H]1c1ccc(Cl)cc1. The highest BCUT2D eigenvalue weighted by Crippen LogP contribution is 2.40. The number of nitrogens with zero attached hydrogens (tertiary/aromatic N) is 1. The van der Waals surface area contributed by atoms with Gasteiger partial charge in [-0.05, 0) is 24.1 Å². The van der Waals surface area contributed by atoms with Gasteiger partial charge in [0.15, 0.2) is 5.96 Å². The maximum atomic E-state index is 5.86. The van der Waals surface area contributed by atoms with Crippen LogP contribution in [-0.4, -0.2) is 26.1 Å². The van der Waals surface area contributed by atoms with E-state index in [4.69, 9.17) is 11.6 Å². The first-order valence-corrected chi connectivity index (χ1v) is 5.79. The summed E-state index contributed by atoms with van der Waals surface area (Å²) in [6, 6.07) is 8.57. The molecule has 2 N–H and O–H groups in total. The lowest BCUT2D eigenvalue weighted by molar-refractivity contribution is 0.831. The predicted octanol–water partition coefficient (Wildman–Crippen LogP) is 1.99. The number of halogens is 1. The van der Waals surface area contributed by atoms with Crippen LogP contribution in [0.2, 0.25) is 5.02 Å². The molecule has 1 aromatic carbocycles. The Labute approximate surface area is 101 Å². The maximum Gasteiger partial charge on any atom is 0.190 e. The average molecular weight is 238 g/mol. The lowest BCUT2D eigenvalue weighted by atomic mass is 10.1. The van der Waals surface area contributed by atoms with E-state index in [0.717, 1.165) is 17.4 Å². The third-order valence-electron chi connectivity index (χ3n) is 2.87. The Bertz CT molecular complexity index is 386. The molecule has 1 aromatic rings. The van der Waals surface area contributed by atoms with Crippen molar-refractivity contribution in [2.75, 3.05) is 14.1 Å². The molecule has 1 aliphatic rings. The van der Waals surface area contributed by atoms with Crippen LogP contribution in [0.15, 0.2) is 29.3 Å². The van der Waals surface area contributed by atoms with Gasteiger partial charge in [0.1, 0.15) is 0 Å². The highest BCUT2D eigenvalue weighted by Gasteiger charge is 2.38. The molecule has 4 heteroatoms. The van der Waals surface area contributed by atoms with E-state index < -0.39 is 0 Å². The summed E-state index contributed by atoms with van der Waals surface area (Å²) < 4.78 is 0. The van der Waals surface area contributed by atoms with Gasteiger partial charge in [-0.3, -0.25) is 4.99 Å². The highest BCUT2D eigenvalue weighted by atomic mass is 35.5. The minimum absolute atomic E-state index is 0.493. The lowest BCUT2D eigenvalue weighted by Crippen LogP contribution is -2.36. The van der Waals surface area contributed by atoms with Crippen molar-refractivity contribution in [3.63, 3.8) is 0 Å². The zero-order chi connectivity index (χ0) is 11.5. The monoisotopic (exact) mass is 237 g/mol. The standard InChI is InChI=1S/C12H16ClN3/c1-14-12(15-2)16-11-7-10(11)8-3-5-9(13)6-4-8/h3-6,10-11H,7H2,1-2H3,(H2,14,15,16)/t10-,11+/m0/s1. The van der Waals surface area contributed by atoms with E-state index in [0.29, 0.717) is 12.0 Å². The number of nitrogens with one attached hydrogen (secondary N) is 2. The van der Waals surface area contributed by atoms with Gasteiger partial charge in [0.05, 0.1) is 0 Å². The van der Waals surface area contributed by atoms with Crippen molar-refractivity contribution in [1.29, 1.82) is 0 Å². The average Bonchev–Trinajstić information content (AvgIpc) is 3.06. The Kier molecular flexibility index (Phi) is 3.34. The van der Waals surface area contributed by atoms with Crippen LogP contribution in [0.5, 0.6) is 0 Å². The van der Waals surface area contributed by atoms with Crippen LogP contribution in [0, 0.1) is 0 Å². The summed E-state index contributed by atoms with van der Waals surface area (Å²) in [7, 11) is 3.65. The third kappa shape index (κ3) is 2.47. The molecule has 0 aromatic heterocycles. The van der Waals surface area contributed by atoms with Crippen molar-refractivity contribution < 1.29 is 0 Å². The lowest BCUT2D eigenvalue weighted by Gasteiger charge is -2.07. The first-order chi connectivity index (χ1) is 7.74. The van der Waals surface area contributed by atoms with Gasteiger partial charge in [-0.1, -0.05) is 23.7 Å². The van der Waals surface area contributed by atoms with Crippen LogP contribution in [0.4, 0.5) is 0 Å².